The van der Waals surface area contributed by atoms with Gasteiger partial charge < -0.3 is 14.4 Å². The molecule has 0 aromatic heterocycles. The van der Waals surface area contributed by atoms with E-state index in [1.807, 2.05) is 18.2 Å². The number of methoxy groups -OCH3 is 1. The standard InChI is InChI=1S/C18H19NO4/c1-22-17(20)14-10-8-13(9-11-14)16-7-2-3-12-19(16)18(21)23-15-5-4-6-15/h4-6,8-11,16H,2-3,7,12H2,1H3. The molecule has 0 bridgehead atoms. The third kappa shape index (κ3) is 3.28. The van der Waals surface area contributed by atoms with Crippen LogP contribution in [0.15, 0.2) is 48.3 Å². The summed E-state index contributed by atoms with van der Waals surface area (Å²) in [6, 6.07) is 7.20. The Morgan fingerprint density at radius 3 is 2.52 bits per heavy atom. The SMILES string of the molecule is COC(=O)c1ccc(C2CCCCN2C(=O)OC2=CC=C2)cc1. The smallest absolute Gasteiger partial charge is 0.415 e. The fourth-order valence-corrected chi connectivity index (χ4v) is 2.86. The molecule has 5 nitrogen and oxygen atoms in total. The van der Waals surface area contributed by atoms with E-state index in [0.29, 0.717) is 17.9 Å². The molecule has 23 heavy (non-hydrogen) atoms. The molecule has 1 unspecified atom stereocenters. The lowest BCUT2D eigenvalue weighted by Gasteiger charge is -2.35. The van der Waals surface area contributed by atoms with E-state index in [4.69, 9.17) is 9.47 Å². The normalized spacial score (nSPS) is 19.6. The molecule has 1 saturated heterocycles. The number of hydrogen-bond acceptors (Lipinski definition) is 4. The molecule has 5 heteroatoms. The van der Waals surface area contributed by atoms with Crippen LogP contribution in [0.2, 0.25) is 0 Å². The van der Waals surface area contributed by atoms with E-state index in [-0.39, 0.29) is 18.1 Å². The number of esters is 1. The van der Waals surface area contributed by atoms with Gasteiger partial charge in [0.15, 0.2) is 0 Å². The molecule has 0 radical (unpaired) electrons. The number of allylic oxidation sites excluding steroid dienone is 3. The Kier molecular flexibility index (Phi) is 4.46. The summed E-state index contributed by atoms with van der Waals surface area (Å²) in [6.45, 7) is 0.680. The molecule has 120 valence electrons. The first kappa shape index (κ1) is 15.3. The van der Waals surface area contributed by atoms with Gasteiger partial charge in [0.25, 0.3) is 0 Å². The molecule has 3 rings (SSSR count). The molecule has 1 aromatic carbocycles. The van der Waals surface area contributed by atoms with Gasteiger partial charge in [-0.05, 0) is 49.1 Å². The summed E-state index contributed by atoms with van der Waals surface area (Å²) in [5, 5.41) is 0. The van der Waals surface area contributed by atoms with E-state index in [1.54, 1.807) is 29.2 Å². The minimum Gasteiger partial charge on any atom is -0.465 e. The van der Waals surface area contributed by atoms with E-state index in [1.165, 1.54) is 7.11 Å². The van der Waals surface area contributed by atoms with Crippen molar-refractivity contribution in [3.8, 4) is 0 Å². The summed E-state index contributed by atoms with van der Waals surface area (Å²) in [4.78, 5) is 25.6. The summed E-state index contributed by atoms with van der Waals surface area (Å²) in [6.07, 6.45) is 7.98. The molecule has 1 aliphatic carbocycles. The molecule has 1 aliphatic heterocycles. The Morgan fingerprint density at radius 2 is 1.91 bits per heavy atom. The van der Waals surface area contributed by atoms with Gasteiger partial charge in [-0.1, -0.05) is 18.2 Å². The molecule has 0 N–H and O–H groups in total. The lowest BCUT2D eigenvalue weighted by Crippen LogP contribution is -2.38. The highest BCUT2D eigenvalue weighted by molar-refractivity contribution is 5.89. The number of hydrogen-bond donors (Lipinski definition) is 0. The van der Waals surface area contributed by atoms with Crippen LogP contribution in [0.1, 0.15) is 41.2 Å². The zero-order valence-corrected chi connectivity index (χ0v) is 13.0. The summed E-state index contributed by atoms with van der Waals surface area (Å²) in [5.74, 6) is 0.237. The lowest BCUT2D eigenvalue weighted by molar-refractivity contribution is 0.0600. The highest BCUT2D eigenvalue weighted by Crippen LogP contribution is 2.32. The summed E-state index contributed by atoms with van der Waals surface area (Å²) >= 11 is 0. The predicted octanol–water partition coefficient (Wildman–Crippen LogP) is 3.59. The topological polar surface area (TPSA) is 55.8 Å². The van der Waals surface area contributed by atoms with Gasteiger partial charge in [0, 0.05) is 6.54 Å². The lowest BCUT2D eigenvalue weighted by atomic mass is 9.95. The van der Waals surface area contributed by atoms with E-state index in [9.17, 15) is 9.59 Å². The van der Waals surface area contributed by atoms with Crippen molar-refractivity contribution in [3.05, 3.63) is 59.4 Å². The molecular weight excluding hydrogens is 294 g/mol. The quantitative estimate of drug-likeness (QED) is 0.800. The molecule has 0 saturated carbocycles. The average Bonchev–Trinajstić information content (AvgIpc) is 2.57. The van der Waals surface area contributed by atoms with Gasteiger partial charge in [-0.2, -0.15) is 0 Å². The second kappa shape index (κ2) is 6.69. The maximum Gasteiger partial charge on any atom is 0.415 e. The van der Waals surface area contributed by atoms with Crippen LogP contribution >= 0.6 is 0 Å². The number of piperidine rings is 1. The highest BCUT2D eigenvalue weighted by atomic mass is 16.6. The Morgan fingerprint density at radius 1 is 1.17 bits per heavy atom. The van der Waals surface area contributed by atoms with Crippen LogP contribution in [0.3, 0.4) is 0 Å². The van der Waals surface area contributed by atoms with Crippen molar-refractivity contribution in [2.24, 2.45) is 0 Å². The zero-order valence-electron chi connectivity index (χ0n) is 13.0. The monoisotopic (exact) mass is 313 g/mol. The first-order valence-electron chi connectivity index (χ1n) is 7.74. The molecular formula is C18H19NO4. The number of amides is 1. The van der Waals surface area contributed by atoms with Crippen molar-refractivity contribution in [2.45, 2.75) is 25.3 Å². The second-order valence-corrected chi connectivity index (χ2v) is 5.61. The number of ether oxygens (including phenoxy) is 2. The summed E-state index contributed by atoms with van der Waals surface area (Å²) in [7, 11) is 1.36. The van der Waals surface area contributed by atoms with Crippen molar-refractivity contribution in [3.63, 3.8) is 0 Å². The number of carbonyl (C=O) groups excluding carboxylic acids is 2. The van der Waals surface area contributed by atoms with Gasteiger partial charge in [0.2, 0.25) is 0 Å². The molecule has 2 aliphatic rings. The van der Waals surface area contributed by atoms with Crippen LogP contribution in [0, 0.1) is 0 Å². The van der Waals surface area contributed by atoms with Crippen molar-refractivity contribution >= 4 is 12.1 Å². The molecule has 0 spiro atoms. The minimum absolute atomic E-state index is 0.0207. The number of carbonyl (C=O) groups is 2. The van der Waals surface area contributed by atoms with Gasteiger partial charge in [0.1, 0.15) is 5.76 Å². The summed E-state index contributed by atoms with van der Waals surface area (Å²) < 4.78 is 10.1. The molecule has 1 heterocycles. The predicted molar refractivity (Wildman–Crippen MR) is 84.8 cm³/mol. The van der Waals surface area contributed by atoms with Gasteiger partial charge in [-0.25, -0.2) is 9.59 Å². The number of benzene rings is 1. The Balaban J connectivity index is 1.75. The van der Waals surface area contributed by atoms with Crippen molar-refractivity contribution in [1.29, 1.82) is 0 Å². The second-order valence-electron chi connectivity index (χ2n) is 5.61. The molecule has 1 aromatic rings. The van der Waals surface area contributed by atoms with Gasteiger partial charge in [-0.15, -0.1) is 0 Å². The van der Waals surface area contributed by atoms with Crippen LogP contribution in [0.25, 0.3) is 0 Å². The van der Waals surface area contributed by atoms with E-state index in [2.05, 4.69) is 0 Å². The maximum atomic E-state index is 12.4. The van der Waals surface area contributed by atoms with E-state index >= 15 is 0 Å². The average molecular weight is 313 g/mol. The van der Waals surface area contributed by atoms with Crippen LogP contribution in [-0.2, 0) is 9.47 Å². The number of nitrogens with zero attached hydrogens (tertiary/aromatic N) is 1. The third-order valence-electron chi connectivity index (χ3n) is 4.18. The molecule has 1 atom stereocenters. The van der Waals surface area contributed by atoms with Crippen molar-refractivity contribution in [2.75, 3.05) is 13.7 Å². The highest BCUT2D eigenvalue weighted by Gasteiger charge is 2.29. The van der Waals surface area contributed by atoms with Gasteiger partial charge in [-0.3, -0.25) is 0 Å². The van der Waals surface area contributed by atoms with Crippen LogP contribution in [-0.4, -0.2) is 30.6 Å². The first-order valence-corrected chi connectivity index (χ1v) is 7.74. The van der Waals surface area contributed by atoms with Crippen LogP contribution < -0.4 is 0 Å². The van der Waals surface area contributed by atoms with Crippen molar-refractivity contribution in [1.82, 2.24) is 4.90 Å². The fraction of sp³-hybridized carbons (Fsp3) is 0.333. The first-order chi connectivity index (χ1) is 11.2. The van der Waals surface area contributed by atoms with E-state index < -0.39 is 0 Å². The maximum absolute atomic E-state index is 12.4. The van der Waals surface area contributed by atoms with Gasteiger partial charge in [0.05, 0.1) is 18.7 Å². The third-order valence-corrected chi connectivity index (χ3v) is 4.18. The van der Waals surface area contributed by atoms with Crippen LogP contribution in [0.4, 0.5) is 4.79 Å². The Bertz CT molecular complexity index is 660. The Hall–Kier alpha value is -2.56. The minimum atomic E-state index is -0.361. The summed E-state index contributed by atoms with van der Waals surface area (Å²) in [5.41, 5.74) is 1.51. The fourth-order valence-electron chi connectivity index (χ4n) is 2.86. The van der Waals surface area contributed by atoms with Crippen LogP contribution in [0.5, 0.6) is 0 Å². The largest absolute Gasteiger partial charge is 0.465 e. The van der Waals surface area contributed by atoms with E-state index in [0.717, 1.165) is 24.8 Å². The molecule has 1 amide bonds. The number of rotatable bonds is 3. The Labute approximate surface area is 135 Å². The number of likely N-dealkylation sites (tertiary alicyclic amines) is 1. The molecule has 1 fully saturated rings. The van der Waals surface area contributed by atoms with Crippen molar-refractivity contribution < 1.29 is 19.1 Å². The van der Waals surface area contributed by atoms with Gasteiger partial charge >= 0.3 is 12.1 Å². The zero-order chi connectivity index (χ0) is 16.2.